The standard InChI is InChI=1S/C20H16N2O/c1-2-6-15(7-3-1)14-23-18-10-17(12-21-13-18)20-11-16-8-4-5-9-19(16)22-20/h1-13,22H,14H2. The molecule has 0 aliphatic rings. The first-order chi connectivity index (χ1) is 11.4. The largest absolute Gasteiger partial charge is 0.487 e. The summed E-state index contributed by atoms with van der Waals surface area (Å²) < 4.78 is 5.85. The summed E-state index contributed by atoms with van der Waals surface area (Å²) >= 11 is 0. The van der Waals surface area contributed by atoms with Crippen LogP contribution in [0.4, 0.5) is 0 Å². The van der Waals surface area contributed by atoms with Crippen LogP contribution in [-0.2, 0) is 6.61 Å². The summed E-state index contributed by atoms with van der Waals surface area (Å²) in [6, 6.07) is 22.5. The van der Waals surface area contributed by atoms with Gasteiger partial charge in [0, 0.05) is 28.4 Å². The van der Waals surface area contributed by atoms with Crippen molar-refractivity contribution in [3.8, 4) is 17.0 Å². The number of fused-ring (bicyclic) bond motifs is 1. The Labute approximate surface area is 134 Å². The highest BCUT2D eigenvalue weighted by molar-refractivity contribution is 5.85. The third-order valence-electron chi connectivity index (χ3n) is 3.80. The second-order valence-corrected chi connectivity index (χ2v) is 5.45. The number of aromatic nitrogens is 2. The molecule has 0 radical (unpaired) electrons. The van der Waals surface area contributed by atoms with Gasteiger partial charge in [0.1, 0.15) is 12.4 Å². The van der Waals surface area contributed by atoms with E-state index in [1.54, 1.807) is 6.20 Å². The number of pyridine rings is 1. The number of ether oxygens (including phenoxy) is 1. The molecular weight excluding hydrogens is 284 g/mol. The van der Waals surface area contributed by atoms with Gasteiger partial charge >= 0.3 is 0 Å². The molecule has 3 heteroatoms. The molecule has 4 aromatic rings. The Morgan fingerprint density at radius 3 is 2.57 bits per heavy atom. The molecule has 112 valence electrons. The van der Waals surface area contributed by atoms with Crippen LogP contribution in [0.1, 0.15) is 5.56 Å². The Hall–Kier alpha value is -3.07. The Morgan fingerprint density at radius 2 is 1.70 bits per heavy atom. The predicted molar refractivity (Wildman–Crippen MR) is 92.3 cm³/mol. The fourth-order valence-corrected chi connectivity index (χ4v) is 2.61. The van der Waals surface area contributed by atoms with Gasteiger partial charge in [0.15, 0.2) is 0 Å². The van der Waals surface area contributed by atoms with Crippen LogP contribution in [-0.4, -0.2) is 9.97 Å². The van der Waals surface area contributed by atoms with Gasteiger partial charge in [0.2, 0.25) is 0 Å². The smallest absolute Gasteiger partial charge is 0.138 e. The lowest BCUT2D eigenvalue weighted by atomic mass is 10.2. The van der Waals surface area contributed by atoms with Crippen molar-refractivity contribution >= 4 is 10.9 Å². The maximum absolute atomic E-state index is 5.85. The molecule has 0 atom stereocenters. The van der Waals surface area contributed by atoms with E-state index in [2.05, 4.69) is 40.3 Å². The first-order valence-corrected chi connectivity index (χ1v) is 7.58. The normalized spacial score (nSPS) is 10.8. The number of H-pyrrole nitrogens is 1. The van der Waals surface area contributed by atoms with Gasteiger partial charge in [-0.25, -0.2) is 0 Å². The molecule has 0 amide bonds. The van der Waals surface area contributed by atoms with Gasteiger partial charge in [-0.1, -0.05) is 48.5 Å². The third-order valence-corrected chi connectivity index (χ3v) is 3.80. The van der Waals surface area contributed by atoms with E-state index in [1.165, 1.54) is 5.39 Å². The number of hydrogen-bond donors (Lipinski definition) is 1. The molecule has 0 bridgehead atoms. The Kier molecular flexibility index (Phi) is 3.53. The lowest BCUT2D eigenvalue weighted by molar-refractivity contribution is 0.305. The second-order valence-electron chi connectivity index (χ2n) is 5.45. The highest BCUT2D eigenvalue weighted by Gasteiger charge is 2.05. The van der Waals surface area contributed by atoms with Crippen LogP contribution in [0.15, 0.2) is 79.1 Å². The van der Waals surface area contributed by atoms with Gasteiger partial charge in [-0.05, 0) is 23.8 Å². The lowest BCUT2D eigenvalue weighted by Gasteiger charge is -2.07. The summed E-state index contributed by atoms with van der Waals surface area (Å²) in [5, 5.41) is 1.19. The summed E-state index contributed by atoms with van der Waals surface area (Å²) in [6.07, 6.45) is 3.59. The minimum Gasteiger partial charge on any atom is -0.487 e. The molecule has 2 aromatic heterocycles. The molecule has 3 nitrogen and oxygen atoms in total. The molecule has 0 fully saturated rings. The summed E-state index contributed by atoms with van der Waals surface area (Å²) in [5.41, 5.74) is 4.33. The van der Waals surface area contributed by atoms with Crippen LogP contribution in [0.5, 0.6) is 5.75 Å². The zero-order valence-electron chi connectivity index (χ0n) is 12.6. The summed E-state index contributed by atoms with van der Waals surface area (Å²) in [4.78, 5) is 7.72. The van der Waals surface area contributed by atoms with E-state index in [9.17, 15) is 0 Å². The SMILES string of the molecule is c1ccc(COc2cncc(-c3cc4ccccc4[nH]3)c2)cc1. The van der Waals surface area contributed by atoms with E-state index in [0.717, 1.165) is 28.1 Å². The number of para-hydroxylation sites is 1. The summed E-state index contributed by atoms with van der Waals surface area (Å²) in [5.74, 6) is 0.769. The predicted octanol–water partition coefficient (Wildman–Crippen LogP) is 4.81. The monoisotopic (exact) mass is 300 g/mol. The molecule has 4 rings (SSSR count). The van der Waals surface area contributed by atoms with E-state index < -0.39 is 0 Å². The number of aromatic amines is 1. The number of benzene rings is 2. The molecule has 0 aliphatic heterocycles. The molecule has 0 saturated carbocycles. The maximum atomic E-state index is 5.85. The van der Waals surface area contributed by atoms with Crippen molar-refractivity contribution in [2.24, 2.45) is 0 Å². The molecule has 0 aliphatic carbocycles. The molecule has 0 saturated heterocycles. The van der Waals surface area contributed by atoms with Gasteiger partial charge in [-0.2, -0.15) is 0 Å². The maximum Gasteiger partial charge on any atom is 0.138 e. The van der Waals surface area contributed by atoms with E-state index in [0.29, 0.717) is 6.61 Å². The van der Waals surface area contributed by atoms with Gasteiger partial charge in [0.05, 0.1) is 6.20 Å². The molecule has 0 spiro atoms. The van der Waals surface area contributed by atoms with E-state index in [1.807, 2.05) is 42.6 Å². The zero-order valence-corrected chi connectivity index (χ0v) is 12.6. The van der Waals surface area contributed by atoms with Gasteiger partial charge in [-0.15, -0.1) is 0 Å². The number of nitrogens with zero attached hydrogens (tertiary/aromatic N) is 1. The van der Waals surface area contributed by atoms with E-state index in [4.69, 9.17) is 4.74 Å². The van der Waals surface area contributed by atoms with Gasteiger partial charge in [0.25, 0.3) is 0 Å². The topological polar surface area (TPSA) is 37.9 Å². The minimum atomic E-state index is 0.540. The lowest BCUT2D eigenvalue weighted by Crippen LogP contribution is -1.95. The Morgan fingerprint density at radius 1 is 0.870 bits per heavy atom. The highest BCUT2D eigenvalue weighted by atomic mass is 16.5. The third kappa shape index (κ3) is 2.94. The second kappa shape index (κ2) is 5.97. The van der Waals surface area contributed by atoms with Crippen molar-refractivity contribution in [1.29, 1.82) is 0 Å². The molecule has 23 heavy (non-hydrogen) atoms. The quantitative estimate of drug-likeness (QED) is 0.587. The van der Waals surface area contributed by atoms with Crippen molar-refractivity contribution in [2.45, 2.75) is 6.61 Å². The number of rotatable bonds is 4. The fraction of sp³-hybridized carbons (Fsp3) is 0.0500. The van der Waals surface area contributed by atoms with Crippen LogP contribution in [0, 0.1) is 0 Å². The van der Waals surface area contributed by atoms with E-state index in [-0.39, 0.29) is 0 Å². The average molecular weight is 300 g/mol. The Bertz CT molecular complexity index is 895. The number of nitrogens with one attached hydrogen (secondary N) is 1. The van der Waals surface area contributed by atoms with Crippen LogP contribution >= 0.6 is 0 Å². The van der Waals surface area contributed by atoms with E-state index >= 15 is 0 Å². The van der Waals surface area contributed by atoms with Crippen molar-refractivity contribution in [3.05, 3.63) is 84.7 Å². The first kappa shape index (κ1) is 13.6. The average Bonchev–Trinajstić information content (AvgIpc) is 3.05. The van der Waals surface area contributed by atoms with Crippen LogP contribution in [0.3, 0.4) is 0 Å². The van der Waals surface area contributed by atoms with Crippen LogP contribution in [0.2, 0.25) is 0 Å². The summed E-state index contributed by atoms with van der Waals surface area (Å²) in [6.45, 7) is 0.540. The van der Waals surface area contributed by atoms with Crippen LogP contribution < -0.4 is 4.74 Å². The molecule has 2 heterocycles. The molecule has 1 N–H and O–H groups in total. The van der Waals surface area contributed by atoms with Crippen LogP contribution in [0.25, 0.3) is 22.2 Å². The Balaban J connectivity index is 1.58. The molecule has 0 unspecified atom stereocenters. The van der Waals surface area contributed by atoms with Crippen molar-refractivity contribution in [1.82, 2.24) is 9.97 Å². The van der Waals surface area contributed by atoms with Gasteiger partial charge < -0.3 is 9.72 Å². The highest BCUT2D eigenvalue weighted by Crippen LogP contribution is 2.26. The minimum absolute atomic E-state index is 0.540. The van der Waals surface area contributed by atoms with Crippen molar-refractivity contribution in [2.75, 3.05) is 0 Å². The number of hydrogen-bond acceptors (Lipinski definition) is 2. The fourth-order valence-electron chi connectivity index (χ4n) is 2.61. The van der Waals surface area contributed by atoms with Crippen molar-refractivity contribution in [3.63, 3.8) is 0 Å². The zero-order chi connectivity index (χ0) is 15.5. The molecular formula is C20H16N2O. The molecule has 2 aromatic carbocycles. The summed E-state index contributed by atoms with van der Waals surface area (Å²) in [7, 11) is 0. The first-order valence-electron chi connectivity index (χ1n) is 7.58. The van der Waals surface area contributed by atoms with Gasteiger partial charge in [-0.3, -0.25) is 4.98 Å². The van der Waals surface area contributed by atoms with Crippen molar-refractivity contribution < 1.29 is 4.74 Å².